The molecule has 2 rings (SSSR count). The molecule has 0 bridgehead atoms. The molecule has 1 heterocycles. The van der Waals surface area contributed by atoms with Crippen molar-refractivity contribution in [2.24, 2.45) is 11.3 Å². The zero-order chi connectivity index (χ0) is 10.6. The molecule has 0 spiro atoms. The molecule has 82 valence electrons. The van der Waals surface area contributed by atoms with E-state index in [0.29, 0.717) is 11.5 Å². The highest BCUT2D eigenvalue weighted by molar-refractivity contribution is 5.12. The van der Waals surface area contributed by atoms with Crippen molar-refractivity contribution in [1.29, 1.82) is 0 Å². The van der Waals surface area contributed by atoms with E-state index in [1.165, 1.54) is 13.0 Å². The second kappa shape index (κ2) is 2.96. The van der Waals surface area contributed by atoms with Gasteiger partial charge in [-0.05, 0) is 45.6 Å². The second-order valence-electron chi connectivity index (χ2n) is 6.37. The minimum absolute atomic E-state index is 0.00865. The van der Waals surface area contributed by atoms with Crippen LogP contribution in [0.4, 0.5) is 0 Å². The fourth-order valence-corrected chi connectivity index (χ4v) is 2.80. The zero-order valence-corrected chi connectivity index (χ0v) is 10.1. The van der Waals surface area contributed by atoms with Crippen molar-refractivity contribution in [2.75, 3.05) is 20.2 Å². The molecule has 1 saturated heterocycles. The summed E-state index contributed by atoms with van der Waals surface area (Å²) >= 11 is 0. The molecular formula is C12H23NO. The summed E-state index contributed by atoms with van der Waals surface area (Å²) in [5.41, 5.74) is 0.634. The number of likely N-dealkylation sites (N-methyl/N-ethyl adjacent to an activating group) is 1. The molecule has 1 aliphatic carbocycles. The minimum Gasteiger partial charge on any atom is -0.374 e. The summed E-state index contributed by atoms with van der Waals surface area (Å²) in [6, 6.07) is 0.666. The third kappa shape index (κ3) is 1.82. The van der Waals surface area contributed by atoms with Crippen molar-refractivity contribution in [3.63, 3.8) is 0 Å². The van der Waals surface area contributed by atoms with E-state index in [0.717, 1.165) is 12.5 Å². The molecule has 3 atom stereocenters. The lowest BCUT2D eigenvalue weighted by Gasteiger charge is -2.27. The monoisotopic (exact) mass is 197 g/mol. The Morgan fingerprint density at radius 3 is 2.50 bits per heavy atom. The highest BCUT2D eigenvalue weighted by Crippen LogP contribution is 2.60. The maximum absolute atomic E-state index is 5.88. The highest BCUT2D eigenvalue weighted by Gasteiger charge is 2.60. The fourth-order valence-electron chi connectivity index (χ4n) is 2.80. The van der Waals surface area contributed by atoms with Gasteiger partial charge in [-0.1, -0.05) is 6.92 Å². The molecular weight excluding hydrogens is 174 g/mol. The zero-order valence-electron chi connectivity index (χ0n) is 10.1. The SMILES string of the molecule is CN1C[C@@]2(C)C[C@H]2[C@H]1COC(C)(C)C. The Labute approximate surface area is 87.6 Å². The van der Waals surface area contributed by atoms with Crippen molar-refractivity contribution in [3.05, 3.63) is 0 Å². The van der Waals surface area contributed by atoms with Gasteiger partial charge in [-0.25, -0.2) is 0 Å². The number of ether oxygens (including phenoxy) is 1. The van der Waals surface area contributed by atoms with E-state index in [-0.39, 0.29) is 5.60 Å². The molecule has 1 aliphatic heterocycles. The quantitative estimate of drug-likeness (QED) is 0.672. The third-order valence-electron chi connectivity index (χ3n) is 3.75. The van der Waals surface area contributed by atoms with Crippen molar-refractivity contribution in [3.8, 4) is 0 Å². The van der Waals surface area contributed by atoms with Gasteiger partial charge in [0, 0.05) is 12.6 Å². The van der Waals surface area contributed by atoms with Crippen molar-refractivity contribution >= 4 is 0 Å². The Hall–Kier alpha value is -0.0800. The van der Waals surface area contributed by atoms with Crippen molar-refractivity contribution in [2.45, 2.75) is 45.8 Å². The summed E-state index contributed by atoms with van der Waals surface area (Å²) in [6.45, 7) is 11.0. The van der Waals surface area contributed by atoms with Crippen LogP contribution in [0.3, 0.4) is 0 Å². The van der Waals surface area contributed by atoms with E-state index in [1.54, 1.807) is 0 Å². The largest absolute Gasteiger partial charge is 0.374 e. The van der Waals surface area contributed by atoms with E-state index >= 15 is 0 Å². The normalized spacial score (nSPS) is 42.6. The van der Waals surface area contributed by atoms with Crippen LogP contribution in [0.1, 0.15) is 34.1 Å². The summed E-state index contributed by atoms with van der Waals surface area (Å²) in [4.78, 5) is 2.47. The number of hydrogen-bond acceptors (Lipinski definition) is 2. The average molecular weight is 197 g/mol. The molecule has 0 radical (unpaired) electrons. The first kappa shape index (κ1) is 10.4. The molecule has 2 nitrogen and oxygen atoms in total. The molecule has 0 aromatic rings. The summed E-state index contributed by atoms with van der Waals surface area (Å²) < 4.78 is 5.88. The molecule has 14 heavy (non-hydrogen) atoms. The first-order valence-electron chi connectivity index (χ1n) is 5.66. The maximum Gasteiger partial charge on any atom is 0.0631 e. The van der Waals surface area contributed by atoms with Gasteiger partial charge in [-0.2, -0.15) is 0 Å². The number of nitrogens with zero attached hydrogens (tertiary/aromatic N) is 1. The van der Waals surface area contributed by atoms with Gasteiger partial charge in [0.2, 0.25) is 0 Å². The van der Waals surface area contributed by atoms with E-state index < -0.39 is 0 Å². The fraction of sp³-hybridized carbons (Fsp3) is 1.00. The number of piperidine rings is 1. The van der Waals surface area contributed by atoms with Crippen LogP contribution in [0, 0.1) is 11.3 Å². The van der Waals surface area contributed by atoms with Crippen LogP contribution in [0.15, 0.2) is 0 Å². The Morgan fingerprint density at radius 1 is 1.43 bits per heavy atom. The summed E-state index contributed by atoms with van der Waals surface area (Å²) in [5, 5.41) is 0. The van der Waals surface area contributed by atoms with Gasteiger partial charge in [-0.3, -0.25) is 0 Å². The first-order chi connectivity index (χ1) is 6.32. The minimum atomic E-state index is 0.00865. The van der Waals surface area contributed by atoms with Gasteiger partial charge >= 0.3 is 0 Å². The van der Waals surface area contributed by atoms with Crippen molar-refractivity contribution < 1.29 is 4.74 Å². The van der Waals surface area contributed by atoms with Crippen LogP contribution in [0.5, 0.6) is 0 Å². The predicted molar refractivity (Wildman–Crippen MR) is 58.3 cm³/mol. The lowest BCUT2D eigenvalue weighted by molar-refractivity contribution is -0.0296. The lowest BCUT2D eigenvalue weighted by Crippen LogP contribution is -2.36. The molecule has 2 aliphatic rings. The molecule has 1 saturated carbocycles. The van der Waals surface area contributed by atoms with Gasteiger partial charge in [-0.15, -0.1) is 0 Å². The highest BCUT2D eigenvalue weighted by atomic mass is 16.5. The standard InChI is InChI=1S/C12H23NO/c1-11(2,3)14-7-10-9-6-12(9,4)8-13(10)5/h9-10H,6-8H2,1-5H3/t9-,10+,12+/m0/s1. The van der Waals surface area contributed by atoms with E-state index in [4.69, 9.17) is 4.74 Å². The van der Waals surface area contributed by atoms with Crippen LogP contribution >= 0.6 is 0 Å². The molecule has 0 amide bonds. The van der Waals surface area contributed by atoms with Crippen LogP contribution in [0.2, 0.25) is 0 Å². The average Bonchev–Trinajstić information content (AvgIpc) is 2.53. The van der Waals surface area contributed by atoms with Crippen LogP contribution in [-0.4, -0.2) is 36.7 Å². The predicted octanol–water partition coefficient (Wildman–Crippen LogP) is 2.14. The Kier molecular flexibility index (Phi) is 2.20. The van der Waals surface area contributed by atoms with Crippen molar-refractivity contribution in [1.82, 2.24) is 4.90 Å². The van der Waals surface area contributed by atoms with Gasteiger partial charge in [0.05, 0.1) is 12.2 Å². The van der Waals surface area contributed by atoms with E-state index in [9.17, 15) is 0 Å². The summed E-state index contributed by atoms with van der Waals surface area (Å²) in [7, 11) is 2.23. The van der Waals surface area contributed by atoms with E-state index in [2.05, 4.69) is 39.6 Å². The van der Waals surface area contributed by atoms with E-state index in [1.807, 2.05) is 0 Å². The van der Waals surface area contributed by atoms with Gasteiger partial charge < -0.3 is 9.64 Å². The number of likely N-dealkylation sites (tertiary alicyclic amines) is 1. The third-order valence-corrected chi connectivity index (χ3v) is 3.75. The molecule has 2 fully saturated rings. The Morgan fingerprint density at radius 2 is 2.07 bits per heavy atom. The van der Waals surface area contributed by atoms with Crippen LogP contribution in [-0.2, 0) is 4.74 Å². The first-order valence-corrected chi connectivity index (χ1v) is 5.66. The maximum atomic E-state index is 5.88. The molecule has 0 aromatic heterocycles. The molecule has 2 heteroatoms. The number of rotatable bonds is 2. The Bertz CT molecular complexity index is 233. The van der Waals surface area contributed by atoms with Gasteiger partial charge in [0.25, 0.3) is 0 Å². The molecule has 0 unspecified atom stereocenters. The topological polar surface area (TPSA) is 12.5 Å². The smallest absolute Gasteiger partial charge is 0.0631 e. The lowest BCUT2D eigenvalue weighted by atomic mass is 10.1. The van der Waals surface area contributed by atoms with Gasteiger partial charge in [0.15, 0.2) is 0 Å². The second-order valence-corrected chi connectivity index (χ2v) is 6.37. The summed E-state index contributed by atoms with van der Waals surface area (Å²) in [6.07, 6.45) is 1.41. The molecule has 0 aromatic carbocycles. The number of hydrogen-bond donors (Lipinski definition) is 0. The molecule has 0 N–H and O–H groups in total. The summed E-state index contributed by atoms with van der Waals surface area (Å²) in [5.74, 6) is 0.898. The number of fused-ring (bicyclic) bond motifs is 1. The van der Waals surface area contributed by atoms with Crippen LogP contribution < -0.4 is 0 Å². The van der Waals surface area contributed by atoms with Crippen LogP contribution in [0.25, 0.3) is 0 Å². The Balaban J connectivity index is 1.87. The van der Waals surface area contributed by atoms with Gasteiger partial charge in [0.1, 0.15) is 0 Å².